The van der Waals surface area contributed by atoms with E-state index < -0.39 is 5.41 Å². The van der Waals surface area contributed by atoms with Gasteiger partial charge in [-0.3, -0.25) is 0 Å². The lowest BCUT2D eigenvalue weighted by Gasteiger charge is -2.30. The van der Waals surface area contributed by atoms with E-state index in [0.717, 1.165) is 56.0 Å². The molecule has 3 aliphatic carbocycles. The summed E-state index contributed by atoms with van der Waals surface area (Å²) >= 11 is 0. The molecule has 16 rings (SSSR count). The highest BCUT2D eigenvalue weighted by Gasteiger charge is 2.51. The molecule has 0 atom stereocenters. The van der Waals surface area contributed by atoms with E-state index in [2.05, 4.69) is 310 Å². The number of fused-ring (bicyclic) bond motifs is 13. The lowest BCUT2D eigenvalue weighted by molar-refractivity contribution is 0.660. The molecule has 0 N–H and O–H groups in total. The van der Waals surface area contributed by atoms with Gasteiger partial charge in [0.2, 0.25) is 0 Å². The SMILES string of the molecule is CC1(C)c2ccccc2-c2ccc(N(c3ccc(-c4ccccc4)cc3)c3cccc(-c4cccc(-c5nc(-c6cccc(-c7ccccc7)c6)nc(-c6ccc7c(c6)C6(c8ccccc8-c8ccccc86)c6ccccc6-7)n5)c4)c3)cc21. The monoisotopic (exact) mass is 1060 g/mol. The summed E-state index contributed by atoms with van der Waals surface area (Å²) in [4.78, 5) is 18.7. The van der Waals surface area contributed by atoms with E-state index in [4.69, 9.17) is 15.0 Å². The zero-order valence-electron chi connectivity index (χ0n) is 46.0. The summed E-state index contributed by atoms with van der Waals surface area (Å²) in [7, 11) is 0. The van der Waals surface area contributed by atoms with Crippen LogP contribution in [-0.4, -0.2) is 15.0 Å². The Morgan fingerprint density at radius 2 is 0.578 bits per heavy atom. The second kappa shape index (κ2) is 19.0. The van der Waals surface area contributed by atoms with Crippen LogP contribution in [0.2, 0.25) is 0 Å². The third kappa shape index (κ3) is 7.71. The highest BCUT2D eigenvalue weighted by atomic mass is 15.1. The first kappa shape index (κ1) is 48.4. The topological polar surface area (TPSA) is 41.9 Å². The maximum absolute atomic E-state index is 5.47. The smallest absolute Gasteiger partial charge is 0.164 e. The minimum absolute atomic E-state index is 0.157. The fourth-order valence-corrected chi connectivity index (χ4v) is 13.8. The average molecular weight is 1060 g/mol. The predicted molar refractivity (Wildman–Crippen MR) is 341 cm³/mol. The molecule has 4 nitrogen and oxygen atoms in total. The molecule has 83 heavy (non-hydrogen) atoms. The third-order valence-electron chi connectivity index (χ3n) is 17.7. The number of benzene rings is 12. The van der Waals surface area contributed by atoms with Gasteiger partial charge in [-0.15, -0.1) is 0 Å². The second-order valence-electron chi connectivity index (χ2n) is 22.7. The van der Waals surface area contributed by atoms with Gasteiger partial charge in [-0.25, -0.2) is 15.0 Å². The Kier molecular flexibility index (Phi) is 11.1. The van der Waals surface area contributed by atoms with E-state index in [1.54, 1.807) is 0 Å². The van der Waals surface area contributed by atoms with Gasteiger partial charge < -0.3 is 4.90 Å². The maximum Gasteiger partial charge on any atom is 0.164 e. The van der Waals surface area contributed by atoms with Crippen LogP contribution < -0.4 is 4.90 Å². The van der Waals surface area contributed by atoms with Crippen LogP contribution in [0, 0.1) is 0 Å². The van der Waals surface area contributed by atoms with Crippen molar-refractivity contribution < 1.29 is 0 Å². The minimum atomic E-state index is -0.509. The summed E-state index contributed by atoms with van der Waals surface area (Å²) in [6, 6.07) is 106. The third-order valence-corrected chi connectivity index (χ3v) is 17.7. The van der Waals surface area contributed by atoms with Gasteiger partial charge in [0.1, 0.15) is 0 Å². The van der Waals surface area contributed by atoms with E-state index in [0.29, 0.717) is 17.5 Å². The van der Waals surface area contributed by atoms with Crippen LogP contribution >= 0.6 is 0 Å². The molecule has 0 amide bonds. The number of aromatic nitrogens is 3. The minimum Gasteiger partial charge on any atom is -0.310 e. The Labute approximate surface area is 484 Å². The van der Waals surface area contributed by atoms with Crippen molar-refractivity contribution in [2.24, 2.45) is 0 Å². The van der Waals surface area contributed by atoms with Crippen LogP contribution in [0.1, 0.15) is 47.2 Å². The number of anilines is 3. The van der Waals surface area contributed by atoms with E-state index in [1.807, 2.05) is 0 Å². The van der Waals surface area contributed by atoms with Gasteiger partial charge in [-0.2, -0.15) is 0 Å². The summed E-state index contributed by atoms with van der Waals surface area (Å²) < 4.78 is 0. The predicted octanol–water partition coefficient (Wildman–Crippen LogP) is 20.0. The molecule has 390 valence electrons. The highest BCUT2D eigenvalue weighted by molar-refractivity contribution is 5.96. The van der Waals surface area contributed by atoms with E-state index in [9.17, 15) is 0 Å². The number of hydrogen-bond acceptors (Lipinski definition) is 4. The van der Waals surface area contributed by atoms with Crippen LogP contribution in [0.5, 0.6) is 0 Å². The molecule has 13 aromatic rings. The van der Waals surface area contributed by atoms with Crippen LogP contribution in [0.4, 0.5) is 17.1 Å². The first-order chi connectivity index (χ1) is 40.9. The summed E-state index contributed by atoms with van der Waals surface area (Å²) in [5.74, 6) is 1.83. The molecule has 0 bridgehead atoms. The first-order valence-electron chi connectivity index (χ1n) is 28.7. The molecule has 0 saturated carbocycles. The largest absolute Gasteiger partial charge is 0.310 e. The number of nitrogens with zero attached hydrogens (tertiary/aromatic N) is 4. The molecule has 1 heterocycles. The molecule has 0 unspecified atom stereocenters. The zero-order valence-corrected chi connectivity index (χ0v) is 46.0. The molecule has 0 aliphatic heterocycles. The zero-order chi connectivity index (χ0) is 55.2. The van der Waals surface area contributed by atoms with Crippen molar-refractivity contribution >= 4 is 17.1 Å². The molecule has 0 radical (unpaired) electrons. The van der Waals surface area contributed by atoms with Crippen molar-refractivity contribution in [3.63, 3.8) is 0 Å². The van der Waals surface area contributed by atoms with Crippen molar-refractivity contribution in [1.82, 2.24) is 15.0 Å². The molecule has 3 aliphatic rings. The van der Waals surface area contributed by atoms with Crippen molar-refractivity contribution in [1.29, 1.82) is 0 Å². The Bertz CT molecular complexity index is 4650. The second-order valence-corrected chi connectivity index (χ2v) is 22.7. The standard InChI is InChI=1S/C79H54N4/c1-78(2)69-34-13-9-30-63(69)67-45-43-62(50-73(67)78)83(60-41-38-53(39-42-60)51-20-5-3-6-21-51)61-29-19-26-56(48-61)55-25-18-28-58(47-55)76-80-75(57-27-17-24-54(46-57)52-22-7-4-8-23-52)81-77(82-76)59-40-44-68-66-33-12-16-37-72(66)79(74(68)49-59)70-35-14-10-31-64(70)65-32-11-15-36-71(65)79/h3-50H,1-2H3. The molecular formula is C79H54N4. The van der Waals surface area contributed by atoms with Crippen molar-refractivity contribution in [3.8, 4) is 101 Å². The van der Waals surface area contributed by atoms with E-state index in [1.165, 1.54) is 77.9 Å². The quantitative estimate of drug-likeness (QED) is 0.144. The van der Waals surface area contributed by atoms with Crippen molar-refractivity contribution in [2.45, 2.75) is 24.7 Å². The van der Waals surface area contributed by atoms with Gasteiger partial charge in [0.15, 0.2) is 17.5 Å². The Morgan fingerprint density at radius 1 is 0.229 bits per heavy atom. The molecule has 0 fully saturated rings. The highest BCUT2D eigenvalue weighted by Crippen LogP contribution is 2.63. The lowest BCUT2D eigenvalue weighted by atomic mass is 9.70. The van der Waals surface area contributed by atoms with Gasteiger partial charge in [-0.1, -0.05) is 250 Å². The van der Waals surface area contributed by atoms with Gasteiger partial charge in [0.25, 0.3) is 0 Å². The van der Waals surface area contributed by atoms with Crippen molar-refractivity contribution in [2.75, 3.05) is 4.90 Å². The van der Waals surface area contributed by atoms with Crippen LogP contribution in [-0.2, 0) is 10.8 Å². The Balaban J connectivity index is 0.833. The van der Waals surface area contributed by atoms with Gasteiger partial charge >= 0.3 is 0 Å². The Hall–Kier alpha value is -10.6. The molecule has 12 aromatic carbocycles. The lowest BCUT2D eigenvalue weighted by Crippen LogP contribution is -2.25. The summed E-state index contributed by atoms with van der Waals surface area (Å²) in [5.41, 5.74) is 27.5. The molecule has 1 spiro atoms. The summed E-state index contributed by atoms with van der Waals surface area (Å²) in [6.45, 7) is 4.70. The van der Waals surface area contributed by atoms with Crippen LogP contribution in [0.15, 0.2) is 291 Å². The molecular weight excluding hydrogens is 1000 g/mol. The number of rotatable bonds is 9. The Morgan fingerprint density at radius 3 is 1.14 bits per heavy atom. The normalized spacial score (nSPS) is 13.4. The fraction of sp³-hybridized carbons (Fsp3) is 0.0506. The first-order valence-corrected chi connectivity index (χ1v) is 28.7. The van der Waals surface area contributed by atoms with Gasteiger partial charge in [0, 0.05) is 39.2 Å². The van der Waals surface area contributed by atoms with Gasteiger partial charge in [-0.05, 0) is 155 Å². The molecule has 4 heteroatoms. The average Bonchev–Trinajstić information content (AvgIpc) is 2.73. The molecule has 1 aromatic heterocycles. The number of hydrogen-bond donors (Lipinski definition) is 0. The maximum atomic E-state index is 5.47. The van der Waals surface area contributed by atoms with Crippen molar-refractivity contribution in [3.05, 3.63) is 325 Å². The van der Waals surface area contributed by atoms with Crippen LogP contribution in [0.25, 0.3) is 101 Å². The van der Waals surface area contributed by atoms with Gasteiger partial charge in [0.05, 0.1) is 5.41 Å². The molecule has 0 saturated heterocycles. The summed E-state index contributed by atoms with van der Waals surface area (Å²) in [6.07, 6.45) is 0. The van der Waals surface area contributed by atoms with Crippen LogP contribution in [0.3, 0.4) is 0 Å². The van der Waals surface area contributed by atoms with E-state index >= 15 is 0 Å². The fourth-order valence-electron chi connectivity index (χ4n) is 13.8. The summed E-state index contributed by atoms with van der Waals surface area (Å²) in [5, 5.41) is 0. The van der Waals surface area contributed by atoms with E-state index in [-0.39, 0.29) is 5.41 Å².